The van der Waals surface area contributed by atoms with Crippen LogP contribution in [0.1, 0.15) is 51.4 Å². The Morgan fingerprint density at radius 2 is 2.12 bits per heavy atom. The predicted octanol–water partition coefficient (Wildman–Crippen LogP) is 3.55. The van der Waals surface area contributed by atoms with Gasteiger partial charge in [0.25, 0.3) is 0 Å². The van der Waals surface area contributed by atoms with Gasteiger partial charge in [0.2, 0.25) is 0 Å². The summed E-state index contributed by atoms with van der Waals surface area (Å²) in [4.78, 5) is 8.16. The van der Waals surface area contributed by atoms with E-state index in [1.807, 2.05) is 6.92 Å². The lowest BCUT2D eigenvalue weighted by molar-refractivity contribution is 0.0668. The van der Waals surface area contributed by atoms with Crippen molar-refractivity contribution < 1.29 is 13.5 Å². The predicted molar refractivity (Wildman–Crippen MR) is 109 cm³/mol. The quantitative estimate of drug-likeness (QED) is 0.243. The smallest absolute Gasteiger partial charge is 0.319 e. The van der Waals surface area contributed by atoms with Gasteiger partial charge in [0.15, 0.2) is 5.96 Å². The molecule has 1 heterocycles. The maximum Gasteiger partial charge on any atom is 0.319 e. The number of halogens is 3. The molecule has 2 N–H and O–H groups in total. The van der Waals surface area contributed by atoms with Crippen LogP contribution in [-0.2, 0) is 11.3 Å². The van der Waals surface area contributed by atoms with E-state index in [9.17, 15) is 8.78 Å². The van der Waals surface area contributed by atoms with Crippen LogP contribution in [-0.4, -0.2) is 42.3 Å². The molecule has 0 unspecified atom stereocenters. The number of hydrogen-bond acceptors (Lipinski definition) is 3. The van der Waals surface area contributed by atoms with Crippen LogP contribution in [0.3, 0.4) is 0 Å². The zero-order valence-electron chi connectivity index (χ0n) is 15.5. The molecule has 0 saturated heterocycles. The van der Waals surface area contributed by atoms with E-state index in [2.05, 4.69) is 20.6 Å². The Morgan fingerprint density at radius 3 is 2.73 bits per heavy atom. The molecule has 1 aromatic heterocycles. The van der Waals surface area contributed by atoms with Gasteiger partial charge < -0.3 is 15.4 Å². The number of imidazole rings is 1. The highest BCUT2D eigenvalue weighted by Gasteiger charge is 2.33. The molecule has 1 aliphatic carbocycles. The number of nitrogens with zero attached hydrogens (tertiary/aromatic N) is 3. The molecule has 0 aromatic carbocycles. The van der Waals surface area contributed by atoms with Crippen molar-refractivity contribution in [1.29, 1.82) is 0 Å². The number of nitrogens with one attached hydrogen (secondary N) is 2. The molecule has 2 rings (SSSR count). The fourth-order valence-corrected chi connectivity index (χ4v) is 3.39. The summed E-state index contributed by atoms with van der Waals surface area (Å²) in [5.74, 6) is 0.886. The molecule has 0 amide bonds. The number of alkyl halides is 2. The van der Waals surface area contributed by atoms with Crippen molar-refractivity contribution in [2.75, 3.05) is 26.8 Å². The molecule has 1 fully saturated rings. The average Bonchev–Trinajstić information content (AvgIpc) is 3.25. The minimum Gasteiger partial charge on any atom is -0.382 e. The summed E-state index contributed by atoms with van der Waals surface area (Å²) in [5, 5.41) is 6.42. The Bertz CT molecular complexity index is 547. The lowest BCUT2D eigenvalue weighted by Gasteiger charge is -2.30. The van der Waals surface area contributed by atoms with Crippen molar-refractivity contribution in [1.82, 2.24) is 20.2 Å². The number of rotatable bonds is 9. The van der Waals surface area contributed by atoms with Crippen LogP contribution in [0.2, 0.25) is 0 Å². The van der Waals surface area contributed by atoms with Crippen LogP contribution in [0.5, 0.6) is 0 Å². The molecule has 1 aliphatic rings. The zero-order valence-corrected chi connectivity index (χ0v) is 17.8. The third kappa shape index (κ3) is 6.64. The summed E-state index contributed by atoms with van der Waals surface area (Å²) in [6.07, 6.45) is 8.53. The number of guanidine groups is 1. The first kappa shape index (κ1) is 23.1. The van der Waals surface area contributed by atoms with Crippen LogP contribution >= 0.6 is 24.0 Å². The van der Waals surface area contributed by atoms with Gasteiger partial charge in [-0.1, -0.05) is 12.8 Å². The first-order valence-corrected chi connectivity index (χ1v) is 8.92. The van der Waals surface area contributed by atoms with Crippen LogP contribution in [0.15, 0.2) is 17.4 Å². The first-order chi connectivity index (χ1) is 12.1. The lowest BCUT2D eigenvalue weighted by atomic mass is 9.83. The number of aromatic nitrogens is 2. The third-order valence-corrected chi connectivity index (χ3v) is 4.87. The van der Waals surface area contributed by atoms with Crippen molar-refractivity contribution >= 4 is 29.9 Å². The van der Waals surface area contributed by atoms with Crippen LogP contribution in [0.25, 0.3) is 0 Å². The van der Waals surface area contributed by atoms with Gasteiger partial charge in [-0.25, -0.2) is 4.98 Å². The van der Waals surface area contributed by atoms with Crippen LogP contribution in [0.4, 0.5) is 8.78 Å². The van der Waals surface area contributed by atoms with Gasteiger partial charge in [0, 0.05) is 39.2 Å². The van der Waals surface area contributed by atoms with Crippen molar-refractivity contribution in [3.8, 4) is 0 Å². The Hall–Kier alpha value is -0.970. The van der Waals surface area contributed by atoms with Gasteiger partial charge in [-0.3, -0.25) is 9.56 Å². The fraction of sp³-hybridized carbons (Fsp3) is 0.765. The van der Waals surface area contributed by atoms with E-state index in [0.29, 0.717) is 5.96 Å². The second-order valence-electron chi connectivity index (χ2n) is 6.46. The van der Waals surface area contributed by atoms with Crippen molar-refractivity contribution in [3.05, 3.63) is 18.2 Å². The minimum absolute atomic E-state index is 0. The SMILES string of the molecule is CCOCCC1(CNC(=NC)NCc2nccn2C(F)F)CCCC1.I. The molecule has 150 valence electrons. The Labute approximate surface area is 171 Å². The van der Waals surface area contributed by atoms with Crippen molar-refractivity contribution in [2.24, 2.45) is 10.4 Å². The third-order valence-electron chi connectivity index (χ3n) is 4.87. The van der Waals surface area contributed by atoms with Crippen molar-refractivity contribution in [3.63, 3.8) is 0 Å². The fourth-order valence-electron chi connectivity index (χ4n) is 3.39. The minimum atomic E-state index is -2.59. The lowest BCUT2D eigenvalue weighted by Crippen LogP contribution is -2.43. The second-order valence-corrected chi connectivity index (χ2v) is 6.46. The summed E-state index contributed by atoms with van der Waals surface area (Å²) in [6.45, 7) is 1.94. The highest BCUT2D eigenvalue weighted by molar-refractivity contribution is 14.0. The number of aliphatic imine (C=N–C) groups is 1. The summed E-state index contributed by atoms with van der Waals surface area (Å²) in [6, 6.07) is 0. The van der Waals surface area contributed by atoms with E-state index in [4.69, 9.17) is 4.74 Å². The van der Waals surface area contributed by atoms with E-state index in [-0.39, 0.29) is 41.8 Å². The molecule has 0 atom stereocenters. The normalized spacial score (nSPS) is 16.6. The van der Waals surface area contributed by atoms with Gasteiger partial charge in [-0.15, -0.1) is 24.0 Å². The van der Waals surface area contributed by atoms with Gasteiger partial charge in [0.05, 0.1) is 6.54 Å². The molecule has 1 saturated carbocycles. The zero-order chi connectivity index (χ0) is 18.1. The topological polar surface area (TPSA) is 63.5 Å². The van der Waals surface area contributed by atoms with Gasteiger partial charge >= 0.3 is 6.55 Å². The van der Waals surface area contributed by atoms with Crippen LogP contribution < -0.4 is 10.6 Å². The molecule has 26 heavy (non-hydrogen) atoms. The number of hydrogen-bond donors (Lipinski definition) is 2. The highest BCUT2D eigenvalue weighted by Crippen LogP contribution is 2.40. The molecule has 0 radical (unpaired) electrons. The summed E-state index contributed by atoms with van der Waals surface area (Å²) < 4.78 is 32.1. The first-order valence-electron chi connectivity index (χ1n) is 8.92. The van der Waals surface area contributed by atoms with Gasteiger partial charge in [-0.2, -0.15) is 8.78 Å². The Morgan fingerprint density at radius 1 is 1.38 bits per heavy atom. The summed E-state index contributed by atoms with van der Waals surface area (Å²) in [7, 11) is 1.68. The second kappa shape index (κ2) is 11.7. The molecule has 6 nitrogen and oxygen atoms in total. The summed E-state index contributed by atoms with van der Waals surface area (Å²) >= 11 is 0. The van der Waals surface area contributed by atoms with Crippen LogP contribution in [0, 0.1) is 5.41 Å². The molecule has 1 aromatic rings. The van der Waals surface area contributed by atoms with Crippen molar-refractivity contribution in [2.45, 2.75) is 52.1 Å². The monoisotopic (exact) mass is 485 g/mol. The summed E-state index contributed by atoms with van der Waals surface area (Å²) in [5.41, 5.74) is 0.230. The molecule has 9 heteroatoms. The van der Waals surface area contributed by atoms with E-state index >= 15 is 0 Å². The van der Waals surface area contributed by atoms with E-state index in [0.717, 1.165) is 30.7 Å². The van der Waals surface area contributed by atoms with E-state index < -0.39 is 6.55 Å². The average molecular weight is 485 g/mol. The van der Waals surface area contributed by atoms with Gasteiger partial charge in [0.1, 0.15) is 5.82 Å². The van der Waals surface area contributed by atoms with E-state index in [1.165, 1.54) is 38.1 Å². The molecule has 0 aliphatic heterocycles. The largest absolute Gasteiger partial charge is 0.382 e. The highest BCUT2D eigenvalue weighted by atomic mass is 127. The van der Waals surface area contributed by atoms with E-state index in [1.54, 1.807) is 7.05 Å². The molecular formula is C17H30F2IN5O. The Balaban J connectivity index is 0.00000338. The molecule has 0 spiro atoms. The standard InChI is InChI=1S/C17H29F2N5O.HI/c1-3-25-11-8-17(6-4-5-7-17)13-23-16(20-2)22-12-14-21-9-10-24(14)15(18)19;/h9-10,15H,3-8,11-13H2,1-2H3,(H2,20,22,23);1H. The maximum absolute atomic E-state index is 12.9. The number of ether oxygens (including phenoxy) is 1. The Kier molecular flexibility index (Phi) is 10.4. The van der Waals surface area contributed by atoms with Gasteiger partial charge in [-0.05, 0) is 31.6 Å². The molecular weight excluding hydrogens is 455 g/mol. The maximum atomic E-state index is 12.9. The molecule has 0 bridgehead atoms.